The molecule has 2 heterocycles. The number of ether oxygens (including phenoxy) is 2. The van der Waals surface area contributed by atoms with E-state index < -0.39 is 25.3 Å². The molecule has 1 aliphatic heterocycles. The van der Waals surface area contributed by atoms with E-state index in [9.17, 15) is 18.0 Å². The lowest BCUT2D eigenvalue weighted by Gasteiger charge is -2.27. The highest BCUT2D eigenvalue weighted by molar-refractivity contribution is 5.77. The van der Waals surface area contributed by atoms with Gasteiger partial charge < -0.3 is 14.4 Å². The number of nitrogens with zero attached hydrogens (tertiary/aromatic N) is 3. The van der Waals surface area contributed by atoms with Gasteiger partial charge in [0, 0.05) is 12.6 Å². The van der Waals surface area contributed by atoms with Crippen LogP contribution in [-0.2, 0) is 22.6 Å². The molecule has 2 rings (SSSR count). The third kappa shape index (κ3) is 5.63. The third-order valence-electron chi connectivity index (χ3n) is 3.64. The first-order valence-corrected chi connectivity index (χ1v) is 7.72. The molecule has 0 aromatic carbocycles. The molecule has 0 aliphatic carbocycles. The SMILES string of the molecule is C=C/C(=C\C)COc1cc2n(n1)CCN(C(=O)COCC(F)(F)F)C2. The van der Waals surface area contributed by atoms with E-state index in [2.05, 4.69) is 16.4 Å². The summed E-state index contributed by atoms with van der Waals surface area (Å²) >= 11 is 0. The van der Waals surface area contributed by atoms with E-state index in [1.54, 1.807) is 16.8 Å². The Hall–Kier alpha value is -2.29. The Morgan fingerprint density at radius 2 is 2.16 bits per heavy atom. The molecular formula is C16H20F3N3O3. The number of hydrogen-bond donors (Lipinski definition) is 0. The monoisotopic (exact) mass is 359 g/mol. The van der Waals surface area contributed by atoms with E-state index in [0.29, 0.717) is 25.6 Å². The number of amides is 1. The number of aromatic nitrogens is 2. The Morgan fingerprint density at radius 3 is 2.80 bits per heavy atom. The van der Waals surface area contributed by atoms with Gasteiger partial charge in [-0.25, -0.2) is 0 Å². The zero-order chi connectivity index (χ0) is 18.4. The van der Waals surface area contributed by atoms with Crippen LogP contribution in [0.1, 0.15) is 12.6 Å². The molecule has 0 spiro atoms. The standard InChI is InChI=1S/C16H20F3N3O3/c1-3-12(4-2)9-25-14-7-13-8-21(5-6-22(13)20-14)15(23)10-24-11-16(17,18)19/h3-4,7H,1,5-6,8-11H2,2H3/b12-4+. The van der Waals surface area contributed by atoms with E-state index in [-0.39, 0.29) is 6.54 Å². The van der Waals surface area contributed by atoms with E-state index in [0.717, 1.165) is 11.3 Å². The van der Waals surface area contributed by atoms with Gasteiger partial charge in [0.25, 0.3) is 0 Å². The Morgan fingerprint density at radius 1 is 1.40 bits per heavy atom. The molecule has 6 nitrogen and oxygen atoms in total. The van der Waals surface area contributed by atoms with Crippen molar-refractivity contribution in [3.05, 3.63) is 36.1 Å². The first-order valence-electron chi connectivity index (χ1n) is 7.72. The summed E-state index contributed by atoms with van der Waals surface area (Å²) in [7, 11) is 0. The van der Waals surface area contributed by atoms with Crippen LogP contribution in [0.5, 0.6) is 5.88 Å². The summed E-state index contributed by atoms with van der Waals surface area (Å²) < 4.78 is 47.8. The van der Waals surface area contributed by atoms with Gasteiger partial charge in [0.2, 0.25) is 11.8 Å². The quantitative estimate of drug-likeness (QED) is 0.701. The summed E-state index contributed by atoms with van der Waals surface area (Å²) in [4.78, 5) is 13.4. The molecule has 0 radical (unpaired) electrons. The minimum atomic E-state index is -4.44. The highest BCUT2D eigenvalue weighted by Crippen LogP contribution is 2.19. The van der Waals surface area contributed by atoms with Crippen molar-refractivity contribution in [3.63, 3.8) is 0 Å². The Bertz CT molecular complexity index is 653. The molecule has 0 fully saturated rings. The molecule has 0 saturated heterocycles. The van der Waals surface area contributed by atoms with Crippen LogP contribution in [-0.4, -0.2) is 53.1 Å². The molecule has 25 heavy (non-hydrogen) atoms. The van der Waals surface area contributed by atoms with Crippen LogP contribution in [0.15, 0.2) is 30.4 Å². The van der Waals surface area contributed by atoms with E-state index >= 15 is 0 Å². The van der Waals surface area contributed by atoms with Crippen LogP contribution >= 0.6 is 0 Å². The summed E-state index contributed by atoms with van der Waals surface area (Å²) in [6.07, 6.45) is -0.869. The average Bonchev–Trinajstić information content (AvgIpc) is 2.96. The molecule has 1 amide bonds. The van der Waals surface area contributed by atoms with Crippen molar-refractivity contribution in [2.24, 2.45) is 0 Å². The van der Waals surface area contributed by atoms with Crippen LogP contribution in [0, 0.1) is 0 Å². The topological polar surface area (TPSA) is 56.6 Å². The number of allylic oxidation sites excluding steroid dienone is 1. The molecule has 0 saturated carbocycles. The second kappa shape index (κ2) is 8.19. The minimum Gasteiger partial charge on any atom is -0.472 e. The van der Waals surface area contributed by atoms with Gasteiger partial charge in [0.15, 0.2) is 0 Å². The van der Waals surface area contributed by atoms with Gasteiger partial charge in [0.1, 0.15) is 19.8 Å². The molecule has 0 bridgehead atoms. The van der Waals surface area contributed by atoms with Crippen LogP contribution < -0.4 is 4.74 Å². The fourth-order valence-corrected chi connectivity index (χ4v) is 2.29. The fourth-order valence-electron chi connectivity index (χ4n) is 2.29. The maximum Gasteiger partial charge on any atom is 0.411 e. The predicted octanol–water partition coefficient (Wildman–Crippen LogP) is 2.32. The zero-order valence-corrected chi connectivity index (χ0v) is 13.9. The van der Waals surface area contributed by atoms with Crippen molar-refractivity contribution in [1.29, 1.82) is 0 Å². The molecular weight excluding hydrogens is 339 g/mol. The van der Waals surface area contributed by atoms with Gasteiger partial charge in [-0.15, -0.1) is 5.10 Å². The van der Waals surface area contributed by atoms with Crippen LogP contribution in [0.4, 0.5) is 13.2 Å². The summed E-state index contributed by atoms with van der Waals surface area (Å²) in [6, 6.07) is 1.71. The Kier molecular flexibility index (Phi) is 6.24. The zero-order valence-electron chi connectivity index (χ0n) is 13.9. The molecule has 0 N–H and O–H groups in total. The molecule has 1 aliphatic rings. The van der Waals surface area contributed by atoms with Crippen molar-refractivity contribution >= 4 is 5.91 Å². The van der Waals surface area contributed by atoms with Crippen molar-refractivity contribution in [1.82, 2.24) is 14.7 Å². The third-order valence-corrected chi connectivity index (χ3v) is 3.64. The number of halogens is 3. The predicted molar refractivity (Wildman–Crippen MR) is 84.0 cm³/mol. The lowest BCUT2D eigenvalue weighted by molar-refractivity contribution is -0.178. The second-order valence-corrected chi connectivity index (χ2v) is 5.48. The number of carbonyl (C=O) groups excluding carboxylic acids is 1. The van der Waals surface area contributed by atoms with Gasteiger partial charge in [-0.05, 0) is 12.5 Å². The number of rotatable bonds is 7. The average molecular weight is 359 g/mol. The van der Waals surface area contributed by atoms with Gasteiger partial charge >= 0.3 is 6.18 Å². The normalized spacial score (nSPS) is 15.0. The van der Waals surface area contributed by atoms with Crippen molar-refractivity contribution in [3.8, 4) is 5.88 Å². The summed E-state index contributed by atoms with van der Waals surface area (Å²) in [5, 5.41) is 4.29. The molecule has 9 heteroatoms. The molecule has 138 valence electrons. The fraction of sp³-hybridized carbons (Fsp3) is 0.500. The largest absolute Gasteiger partial charge is 0.472 e. The number of hydrogen-bond acceptors (Lipinski definition) is 4. The van der Waals surface area contributed by atoms with Crippen LogP contribution in [0.25, 0.3) is 0 Å². The maximum absolute atomic E-state index is 12.0. The Balaban J connectivity index is 1.88. The molecule has 1 aromatic heterocycles. The smallest absolute Gasteiger partial charge is 0.411 e. The van der Waals surface area contributed by atoms with Gasteiger partial charge in [0.05, 0.1) is 18.8 Å². The number of alkyl halides is 3. The van der Waals surface area contributed by atoms with E-state index in [1.807, 2.05) is 13.0 Å². The van der Waals surface area contributed by atoms with Gasteiger partial charge in [-0.2, -0.15) is 13.2 Å². The molecule has 0 atom stereocenters. The Labute approximate surface area is 143 Å². The van der Waals surface area contributed by atoms with Crippen LogP contribution in [0.3, 0.4) is 0 Å². The second-order valence-electron chi connectivity index (χ2n) is 5.48. The first kappa shape index (κ1) is 19.0. The number of fused-ring (bicyclic) bond motifs is 1. The molecule has 0 unspecified atom stereocenters. The summed E-state index contributed by atoms with van der Waals surface area (Å²) in [5.74, 6) is -0.0548. The van der Waals surface area contributed by atoms with Crippen molar-refractivity contribution in [2.75, 3.05) is 26.4 Å². The first-order chi connectivity index (χ1) is 11.8. The minimum absolute atomic E-state index is 0.252. The molecule has 1 aromatic rings. The summed E-state index contributed by atoms with van der Waals surface area (Å²) in [5.41, 5.74) is 1.68. The highest BCUT2D eigenvalue weighted by Gasteiger charge is 2.29. The number of carbonyl (C=O) groups is 1. The van der Waals surface area contributed by atoms with Crippen molar-refractivity contribution < 1.29 is 27.4 Å². The highest BCUT2D eigenvalue weighted by atomic mass is 19.4. The summed E-state index contributed by atoms with van der Waals surface area (Å²) in [6.45, 7) is 4.92. The lowest BCUT2D eigenvalue weighted by Crippen LogP contribution is -2.40. The van der Waals surface area contributed by atoms with Gasteiger partial charge in [-0.1, -0.05) is 18.7 Å². The van der Waals surface area contributed by atoms with E-state index in [4.69, 9.17) is 4.74 Å². The van der Waals surface area contributed by atoms with Gasteiger partial charge in [-0.3, -0.25) is 9.48 Å². The maximum atomic E-state index is 12.0. The van der Waals surface area contributed by atoms with E-state index in [1.165, 1.54) is 4.90 Å². The lowest BCUT2D eigenvalue weighted by atomic mass is 10.3. The van der Waals surface area contributed by atoms with Crippen LogP contribution in [0.2, 0.25) is 0 Å². The van der Waals surface area contributed by atoms with Crippen molar-refractivity contribution in [2.45, 2.75) is 26.2 Å².